The number of rotatable bonds is 5. The second-order valence-corrected chi connectivity index (χ2v) is 7.16. The summed E-state index contributed by atoms with van der Waals surface area (Å²) in [4.78, 5) is 25.5. The Morgan fingerprint density at radius 3 is 2.40 bits per heavy atom. The molecule has 4 nitrogen and oxygen atoms in total. The molecule has 0 radical (unpaired) electrons. The van der Waals surface area contributed by atoms with Gasteiger partial charge in [0, 0.05) is 16.2 Å². The molecule has 1 aromatic heterocycles. The molecule has 1 amide bonds. The van der Waals surface area contributed by atoms with E-state index in [1.54, 1.807) is 11.3 Å². The molecule has 5 heteroatoms. The number of thiophene rings is 1. The first-order valence-corrected chi connectivity index (χ1v) is 7.53. The Labute approximate surface area is 124 Å². The average molecular weight is 297 g/mol. The molecule has 0 aliphatic rings. The zero-order valence-electron chi connectivity index (χ0n) is 12.8. The molecule has 0 aliphatic carbocycles. The Hall–Kier alpha value is -1.36. The molecule has 1 aromatic rings. The van der Waals surface area contributed by atoms with Gasteiger partial charge < -0.3 is 10.1 Å². The monoisotopic (exact) mass is 297 g/mol. The number of hydrogen-bond donors (Lipinski definition) is 1. The maximum Gasteiger partial charge on any atom is 0.306 e. The molecule has 0 saturated carbocycles. The lowest BCUT2D eigenvalue weighted by Gasteiger charge is -2.19. The summed E-state index contributed by atoms with van der Waals surface area (Å²) in [5.74, 6) is -0.463. The number of carbonyl (C=O) groups excluding carboxylic acids is 2. The highest BCUT2D eigenvalue weighted by Crippen LogP contribution is 2.20. The van der Waals surface area contributed by atoms with Crippen molar-refractivity contribution < 1.29 is 14.3 Å². The third-order valence-corrected chi connectivity index (χ3v) is 3.81. The Morgan fingerprint density at radius 2 is 1.90 bits per heavy atom. The number of nitrogens with one attached hydrogen (secondary N) is 1. The zero-order valence-corrected chi connectivity index (χ0v) is 13.6. The van der Waals surface area contributed by atoms with Crippen LogP contribution in [0.1, 0.15) is 48.9 Å². The molecule has 0 unspecified atom stereocenters. The van der Waals surface area contributed by atoms with Gasteiger partial charge in [-0.15, -0.1) is 11.3 Å². The van der Waals surface area contributed by atoms with Crippen LogP contribution in [0.4, 0.5) is 0 Å². The minimum Gasteiger partial charge on any atom is -0.460 e. The van der Waals surface area contributed by atoms with E-state index in [4.69, 9.17) is 4.74 Å². The lowest BCUT2D eigenvalue weighted by molar-refractivity contribution is -0.155. The van der Waals surface area contributed by atoms with Crippen LogP contribution in [0, 0.1) is 13.8 Å². The van der Waals surface area contributed by atoms with Crippen molar-refractivity contribution in [2.24, 2.45) is 0 Å². The van der Waals surface area contributed by atoms with E-state index in [0.717, 1.165) is 4.88 Å². The number of hydrogen-bond acceptors (Lipinski definition) is 4. The van der Waals surface area contributed by atoms with Gasteiger partial charge in [-0.05, 0) is 46.2 Å². The largest absolute Gasteiger partial charge is 0.460 e. The van der Waals surface area contributed by atoms with E-state index in [1.165, 1.54) is 10.4 Å². The van der Waals surface area contributed by atoms with Crippen LogP contribution in [-0.4, -0.2) is 17.5 Å². The fourth-order valence-corrected chi connectivity index (χ4v) is 2.61. The van der Waals surface area contributed by atoms with E-state index < -0.39 is 5.60 Å². The van der Waals surface area contributed by atoms with Gasteiger partial charge >= 0.3 is 5.97 Å². The predicted octanol–water partition coefficient (Wildman–Crippen LogP) is 3.10. The fraction of sp³-hybridized carbons (Fsp3) is 0.600. The average Bonchev–Trinajstić information content (AvgIpc) is 2.61. The minimum atomic E-state index is -0.500. The minimum absolute atomic E-state index is 0.117. The number of esters is 1. The summed E-state index contributed by atoms with van der Waals surface area (Å²) in [6, 6.07) is 2.08. The van der Waals surface area contributed by atoms with Gasteiger partial charge in [-0.25, -0.2) is 0 Å². The number of amides is 1. The molecule has 1 N–H and O–H groups in total. The Bertz CT molecular complexity index is 466. The molecule has 0 saturated heterocycles. The maximum atomic E-state index is 11.7. The smallest absolute Gasteiger partial charge is 0.306 e. The van der Waals surface area contributed by atoms with Crippen molar-refractivity contribution in [3.05, 3.63) is 21.4 Å². The van der Waals surface area contributed by atoms with Crippen molar-refractivity contribution in [3.63, 3.8) is 0 Å². The quantitative estimate of drug-likeness (QED) is 0.850. The van der Waals surface area contributed by atoms with Crippen molar-refractivity contribution in [3.8, 4) is 0 Å². The van der Waals surface area contributed by atoms with Gasteiger partial charge in [0.1, 0.15) is 5.60 Å². The predicted molar refractivity (Wildman–Crippen MR) is 80.7 cm³/mol. The molecule has 0 aliphatic heterocycles. The molecule has 0 atom stereocenters. The van der Waals surface area contributed by atoms with Crippen molar-refractivity contribution >= 4 is 23.2 Å². The van der Waals surface area contributed by atoms with Crippen LogP contribution >= 0.6 is 11.3 Å². The van der Waals surface area contributed by atoms with Crippen LogP contribution in [0.2, 0.25) is 0 Å². The van der Waals surface area contributed by atoms with Gasteiger partial charge in [0.2, 0.25) is 5.91 Å². The van der Waals surface area contributed by atoms with Gasteiger partial charge in [-0.1, -0.05) is 0 Å². The molecule has 112 valence electrons. The summed E-state index contributed by atoms with van der Waals surface area (Å²) in [5.41, 5.74) is 0.743. The number of aryl methyl sites for hydroxylation is 2. The van der Waals surface area contributed by atoms with E-state index in [1.807, 2.05) is 20.8 Å². The van der Waals surface area contributed by atoms with Crippen LogP contribution in [0.25, 0.3) is 0 Å². The first-order chi connectivity index (χ1) is 9.17. The second-order valence-electron chi connectivity index (χ2n) is 5.82. The number of ether oxygens (including phenoxy) is 1. The fourth-order valence-electron chi connectivity index (χ4n) is 1.62. The molecular formula is C15H23NO3S. The highest BCUT2D eigenvalue weighted by Gasteiger charge is 2.17. The molecule has 0 fully saturated rings. The van der Waals surface area contributed by atoms with Crippen LogP contribution in [0.3, 0.4) is 0 Å². The standard InChI is InChI=1S/C15H23NO3S/c1-10-8-12(20-11(10)2)9-16-13(17)6-7-14(18)19-15(3,4)5/h8H,6-7,9H2,1-5H3,(H,16,17). The first kappa shape index (κ1) is 16.7. The highest BCUT2D eigenvalue weighted by atomic mass is 32.1. The van der Waals surface area contributed by atoms with E-state index in [9.17, 15) is 9.59 Å². The maximum absolute atomic E-state index is 11.7. The van der Waals surface area contributed by atoms with E-state index in [0.29, 0.717) is 6.54 Å². The summed E-state index contributed by atoms with van der Waals surface area (Å²) in [6.45, 7) is 10.1. The molecule has 20 heavy (non-hydrogen) atoms. The van der Waals surface area contributed by atoms with Gasteiger partial charge in [0.15, 0.2) is 0 Å². The second kappa shape index (κ2) is 6.88. The van der Waals surface area contributed by atoms with Gasteiger partial charge in [0.05, 0.1) is 13.0 Å². The van der Waals surface area contributed by atoms with E-state index in [-0.39, 0.29) is 24.7 Å². The van der Waals surface area contributed by atoms with Crippen molar-refractivity contribution in [2.45, 2.75) is 59.6 Å². The summed E-state index contributed by atoms with van der Waals surface area (Å²) >= 11 is 1.68. The van der Waals surface area contributed by atoms with Crippen molar-refractivity contribution in [2.75, 3.05) is 0 Å². The number of carbonyl (C=O) groups is 2. The summed E-state index contributed by atoms with van der Waals surface area (Å²) < 4.78 is 5.15. The van der Waals surface area contributed by atoms with Gasteiger partial charge in [0.25, 0.3) is 0 Å². The molecule has 1 rings (SSSR count). The van der Waals surface area contributed by atoms with E-state index in [2.05, 4.69) is 25.2 Å². The lowest BCUT2D eigenvalue weighted by atomic mass is 10.2. The summed E-state index contributed by atoms with van der Waals surface area (Å²) in [6.07, 6.45) is 0.282. The third-order valence-electron chi connectivity index (χ3n) is 2.65. The topological polar surface area (TPSA) is 55.4 Å². The van der Waals surface area contributed by atoms with Crippen molar-refractivity contribution in [1.82, 2.24) is 5.32 Å². The van der Waals surface area contributed by atoms with Crippen LogP contribution in [0.5, 0.6) is 0 Å². The molecule has 0 bridgehead atoms. The van der Waals surface area contributed by atoms with Crippen LogP contribution < -0.4 is 5.32 Å². The van der Waals surface area contributed by atoms with Gasteiger partial charge in [-0.2, -0.15) is 0 Å². The van der Waals surface area contributed by atoms with Gasteiger partial charge in [-0.3, -0.25) is 9.59 Å². The lowest BCUT2D eigenvalue weighted by Crippen LogP contribution is -2.26. The Kier molecular flexibility index (Phi) is 5.74. The molecular weight excluding hydrogens is 274 g/mol. The molecule has 0 aromatic carbocycles. The highest BCUT2D eigenvalue weighted by molar-refractivity contribution is 7.12. The molecule has 1 heterocycles. The third kappa shape index (κ3) is 6.19. The van der Waals surface area contributed by atoms with E-state index >= 15 is 0 Å². The summed E-state index contributed by atoms with van der Waals surface area (Å²) in [5, 5.41) is 2.82. The normalized spacial score (nSPS) is 11.2. The summed E-state index contributed by atoms with van der Waals surface area (Å²) in [7, 11) is 0. The van der Waals surface area contributed by atoms with Crippen LogP contribution in [-0.2, 0) is 20.9 Å². The zero-order chi connectivity index (χ0) is 15.3. The molecule has 0 spiro atoms. The SMILES string of the molecule is Cc1cc(CNC(=O)CCC(=O)OC(C)(C)C)sc1C. The Balaban J connectivity index is 2.29. The van der Waals surface area contributed by atoms with Crippen LogP contribution in [0.15, 0.2) is 6.07 Å². The Morgan fingerprint density at radius 1 is 1.25 bits per heavy atom. The van der Waals surface area contributed by atoms with Crippen molar-refractivity contribution in [1.29, 1.82) is 0 Å². The first-order valence-electron chi connectivity index (χ1n) is 6.72.